The van der Waals surface area contributed by atoms with Gasteiger partial charge in [0.2, 0.25) is 5.91 Å². The van der Waals surface area contributed by atoms with Gasteiger partial charge in [0.15, 0.2) is 0 Å². The van der Waals surface area contributed by atoms with Crippen molar-refractivity contribution in [3.8, 4) is 11.3 Å². The molecule has 1 amide bonds. The second-order valence-electron chi connectivity index (χ2n) is 4.96. The van der Waals surface area contributed by atoms with Crippen LogP contribution in [0, 0.1) is 6.92 Å². The zero-order valence-electron chi connectivity index (χ0n) is 11.3. The molecule has 0 bridgehead atoms. The van der Waals surface area contributed by atoms with E-state index in [1.807, 2.05) is 32.2 Å². The van der Waals surface area contributed by atoms with Crippen molar-refractivity contribution in [1.29, 1.82) is 0 Å². The van der Waals surface area contributed by atoms with Crippen LogP contribution in [0.15, 0.2) is 18.2 Å². The van der Waals surface area contributed by atoms with Crippen LogP contribution in [0.4, 0.5) is 11.5 Å². The third kappa shape index (κ3) is 1.62. The molecule has 0 atom stereocenters. The molecule has 0 aliphatic carbocycles. The lowest BCUT2D eigenvalue weighted by molar-refractivity contribution is -0.117. The standard InChI is InChI=1S/C14H16N4O/c1-8-13(16-18(3)14(8)15)9-4-5-11-10(6-9)7-12(19)17(11)2/h4-6H,7,15H2,1-3H3. The van der Waals surface area contributed by atoms with Crippen LogP contribution in [-0.4, -0.2) is 22.7 Å². The van der Waals surface area contributed by atoms with E-state index in [1.165, 1.54) is 0 Å². The summed E-state index contributed by atoms with van der Waals surface area (Å²) < 4.78 is 1.68. The highest BCUT2D eigenvalue weighted by Gasteiger charge is 2.24. The normalized spacial score (nSPS) is 14.1. The maximum atomic E-state index is 11.7. The topological polar surface area (TPSA) is 64.2 Å². The second kappa shape index (κ2) is 3.85. The number of nitrogens with zero attached hydrogens (tertiary/aromatic N) is 3. The molecule has 5 heteroatoms. The monoisotopic (exact) mass is 256 g/mol. The van der Waals surface area contributed by atoms with Gasteiger partial charge in [0.25, 0.3) is 0 Å². The number of carbonyl (C=O) groups is 1. The SMILES string of the molecule is Cc1c(-c2ccc3c(c2)CC(=O)N3C)nn(C)c1N. The average Bonchev–Trinajstić information content (AvgIpc) is 2.81. The number of hydrogen-bond donors (Lipinski definition) is 1. The zero-order chi connectivity index (χ0) is 13.7. The molecule has 1 aliphatic heterocycles. The number of aryl methyl sites for hydroxylation is 1. The largest absolute Gasteiger partial charge is 0.384 e. The molecule has 0 saturated carbocycles. The average molecular weight is 256 g/mol. The number of fused-ring (bicyclic) bond motifs is 1. The minimum absolute atomic E-state index is 0.129. The number of amides is 1. The molecule has 2 aromatic rings. The van der Waals surface area contributed by atoms with Gasteiger partial charge in [-0.1, -0.05) is 6.07 Å². The highest BCUT2D eigenvalue weighted by molar-refractivity contribution is 6.01. The van der Waals surface area contributed by atoms with E-state index < -0.39 is 0 Å². The Morgan fingerprint density at radius 3 is 2.68 bits per heavy atom. The van der Waals surface area contributed by atoms with Crippen molar-refractivity contribution in [3.63, 3.8) is 0 Å². The van der Waals surface area contributed by atoms with E-state index in [2.05, 4.69) is 5.10 Å². The Balaban J connectivity index is 2.11. The molecule has 2 heterocycles. The van der Waals surface area contributed by atoms with Crippen LogP contribution in [0.1, 0.15) is 11.1 Å². The predicted octanol–water partition coefficient (Wildman–Crippen LogP) is 1.50. The van der Waals surface area contributed by atoms with Gasteiger partial charge in [-0.2, -0.15) is 5.10 Å². The maximum absolute atomic E-state index is 11.7. The fourth-order valence-corrected chi connectivity index (χ4v) is 2.53. The molecule has 1 aliphatic rings. The van der Waals surface area contributed by atoms with E-state index >= 15 is 0 Å². The maximum Gasteiger partial charge on any atom is 0.231 e. The molecule has 0 saturated heterocycles. The van der Waals surface area contributed by atoms with Gasteiger partial charge in [-0.15, -0.1) is 0 Å². The molecular weight excluding hydrogens is 240 g/mol. The Morgan fingerprint density at radius 2 is 2.05 bits per heavy atom. The summed E-state index contributed by atoms with van der Waals surface area (Å²) in [5.74, 6) is 0.799. The van der Waals surface area contributed by atoms with Gasteiger partial charge in [-0.3, -0.25) is 9.48 Å². The summed E-state index contributed by atoms with van der Waals surface area (Å²) in [4.78, 5) is 13.4. The Labute approximate surface area is 111 Å². The summed E-state index contributed by atoms with van der Waals surface area (Å²) in [6.45, 7) is 1.96. The Bertz CT molecular complexity index is 687. The van der Waals surface area contributed by atoms with Crippen molar-refractivity contribution in [2.75, 3.05) is 17.7 Å². The van der Waals surface area contributed by atoms with Crippen LogP contribution in [0.5, 0.6) is 0 Å². The van der Waals surface area contributed by atoms with Crippen LogP contribution in [-0.2, 0) is 18.3 Å². The van der Waals surface area contributed by atoms with E-state index in [1.54, 1.807) is 16.6 Å². The van der Waals surface area contributed by atoms with E-state index in [9.17, 15) is 4.79 Å². The Hall–Kier alpha value is -2.30. The molecule has 0 unspecified atom stereocenters. The summed E-state index contributed by atoms with van der Waals surface area (Å²) >= 11 is 0. The molecule has 98 valence electrons. The second-order valence-corrected chi connectivity index (χ2v) is 4.96. The van der Waals surface area contributed by atoms with Gasteiger partial charge in [0.1, 0.15) is 5.82 Å². The van der Waals surface area contributed by atoms with E-state index in [0.717, 1.165) is 28.1 Å². The van der Waals surface area contributed by atoms with E-state index in [0.29, 0.717) is 12.2 Å². The lowest BCUT2D eigenvalue weighted by Gasteiger charge is -2.10. The highest BCUT2D eigenvalue weighted by atomic mass is 16.2. The van der Waals surface area contributed by atoms with Crippen molar-refractivity contribution in [2.45, 2.75) is 13.3 Å². The third-order valence-corrected chi connectivity index (χ3v) is 3.77. The van der Waals surface area contributed by atoms with Gasteiger partial charge < -0.3 is 10.6 Å². The van der Waals surface area contributed by atoms with Gasteiger partial charge in [0, 0.05) is 30.9 Å². The van der Waals surface area contributed by atoms with Gasteiger partial charge >= 0.3 is 0 Å². The van der Waals surface area contributed by atoms with Gasteiger partial charge in [0.05, 0.1) is 12.1 Å². The number of carbonyl (C=O) groups excluding carboxylic acids is 1. The quantitative estimate of drug-likeness (QED) is 0.841. The minimum atomic E-state index is 0.129. The fourth-order valence-electron chi connectivity index (χ4n) is 2.53. The molecule has 0 radical (unpaired) electrons. The third-order valence-electron chi connectivity index (χ3n) is 3.77. The number of anilines is 2. The zero-order valence-corrected chi connectivity index (χ0v) is 11.3. The molecule has 0 spiro atoms. The number of hydrogen-bond acceptors (Lipinski definition) is 3. The molecule has 1 aromatic heterocycles. The number of benzene rings is 1. The highest BCUT2D eigenvalue weighted by Crippen LogP contribution is 2.33. The number of rotatable bonds is 1. The van der Waals surface area contributed by atoms with Crippen molar-refractivity contribution in [3.05, 3.63) is 29.3 Å². The molecular formula is C14H16N4O. The Kier molecular flexibility index (Phi) is 2.38. The summed E-state index contributed by atoms with van der Waals surface area (Å²) in [5, 5.41) is 4.44. The molecule has 3 rings (SSSR count). The molecule has 19 heavy (non-hydrogen) atoms. The van der Waals surface area contributed by atoms with Gasteiger partial charge in [-0.05, 0) is 24.6 Å². The molecule has 0 fully saturated rings. The van der Waals surface area contributed by atoms with Crippen LogP contribution in [0.2, 0.25) is 0 Å². The number of nitrogen functional groups attached to an aromatic ring is 1. The first-order valence-corrected chi connectivity index (χ1v) is 6.18. The van der Waals surface area contributed by atoms with Crippen molar-refractivity contribution in [2.24, 2.45) is 7.05 Å². The first kappa shape index (κ1) is 11.8. The first-order chi connectivity index (χ1) is 8.99. The summed E-state index contributed by atoms with van der Waals surface area (Å²) in [6.07, 6.45) is 0.459. The number of aromatic nitrogens is 2. The molecule has 5 nitrogen and oxygen atoms in total. The summed E-state index contributed by atoms with van der Waals surface area (Å²) in [6, 6.07) is 5.99. The predicted molar refractivity (Wildman–Crippen MR) is 74.9 cm³/mol. The van der Waals surface area contributed by atoms with Crippen LogP contribution < -0.4 is 10.6 Å². The van der Waals surface area contributed by atoms with Crippen molar-refractivity contribution < 1.29 is 4.79 Å². The lowest BCUT2D eigenvalue weighted by Crippen LogP contribution is -2.20. The summed E-state index contributed by atoms with van der Waals surface area (Å²) in [5.41, 5.74) is 10.8. The number of nitrogens with two attached hydrogens (primary N) is 1. The van der Waals surface area contributed by atoms with Gasteiger partial charge in [-0.25, -0.2) is 0 Å². The molecule has 2 N–H and O–H groups in total. The van der Waals surface area contributed by atoms with E-state index in [4.69, 9.17) is 5.73 Å². The van der Waals surface area contributed by atoms with Crippen LogP contribution in [0.25, 0.3) is 11.3 Å². The van der Waals surface area contributed by atoms with E-state index in [-0.39, 0.29) is 5.91 Å². The van der Waals surface area contributed by atoms with Crippen LogP contribution >= 0.6 is 0 Å². The van der Waals surface area contributed by atoms with Crippen molar-refractivity contribution in [1.82, 2.24) is 9.78 Å². The Morgan fingerprint density at radius 1 is 1.32 bits per heavy atom. The smallest absolute Gasteiger partial charge is 0.231 e. The minimum Gasteiger partial charge on any atom is -0.384 e. The fraction of sp³-hybridized carbons (Fsp3) is 0.286. The lowest BCUT2D eigenvalue weighted by atomic mass is 10.0. The number of likely N-dealkylation sites (N-methyl/N-ethyl adjacent to an activating group) is 1. The van der Waals surface area contributed by atoms with Crippen molar-refractivity contribution >= 4 is 17.4 Å². The summed E-state index contributed by atoms with van der Waals surface area (Å²) in [7, 11) is 3.63. The molecule has 1 aromatic carbocycles. The first-order valence-electron chi connectivity index (χ1n) is 6.18. The van der Waals surface area contributed by atoms with Crippen LogP contribution in [0.3, 0.4) is 0 Å².